The van der Waals surface area contributed by atoms with Gasteiger partial charge < -0.3 is 21.1 Å². The summed E-state index contributed by atoms with van der Waals surface area (Å²) < 4.78 is 5.89. The number of piperazine rings is 1. The molecular weight excluding hydrogens is 306 g/mol. The summed E-state index contributed by atoms with van der Waals surface area (Å²) in [5.74, 6) is 0.711. The van der Waals surface area contributed by atoms with E-state index in [0.717, 1.165) is 58.0 Å². The maximum atomic E-state index is 5.96. The van der Waals surface area contributed by atoms with Gasteiger partial charge in [0.05, 0.1) is 12.7 Å². The molecule has 1 aromatic rings. The number of nitrogens with zero attached hydrogens (tertiary/aromatic N) is 5. The standard InChI is InChI=1S/C16H29N7O/c1-12-8-22(11-14-10-21(2)5-6-24-14)3-4-23(12)9-13-7-19-16(18)20-15(13)17/h7,12,14H,3-6,8-11H2,1-2H3,(H4,17,18,19,20). The molecule has 2 saturated heterocycles. The molecule has 8 heteroatoms. The highest BCUT2D eigenvalue weighted by Gasteiger charge is 2.27. The van der Waals surface area contributed by atoms with Crippen molar-refractivity contribution in [3.05, 3.63) is 11.8 Å². The number of aromatic nitrogens is 2. The Morgan fingerprint density at radius 1 is 1.25 bits per heavy atom. The van der Waals surface area contributed by atoms with E-state index < -0.39 is 0 Å². The minimum Gasteiger partial charge on any atom is -0.383 e. The van der Waals surface area contributed by atoms with E-state index in [9.17, 15) is 0 Å². The summed E-state index contributed by atoms with van der Waals surface area (Å²) in [4.78, 5) is 15.4. The van der Waals surface area contributed by atoms with Crippen LogP contribution in [0.4, 0.5) is 11.8 Å². The minimum atomic E-state index is 0.228. The van der Waals surface area contributed by atoms with Gasteiger partial charge in [0.25, 0.3) is 0 Å². The second-order valence-electron chi connectivity index (χ2n) is 6.97. The zero-order valence-electron chi connectivity index (χ0n) is 14.7. The van der Waals surface area contributed by atoms with Crippen molar-refractivity contribution < 1.29 is 4.74 Å². The van der Waals surface area contributed by atoms with Crippen LogP contribution in [0.15, 0.2) is 6.20 Å². The van der Waals surface area contributed by atoms with Crippen molar-refractivity contribution in [3.63, 3.8) is 0 Å². The lowest BCUT2D eigenvalue weighted by atomic mass is 10.1. The lowest BCUT2D eigenvalue weighted by Gasteiger charge is -2.42. The molecular formula is C16H29N7O. The van der Waals surface area contributed by atoms with Gasteiger partial charge in [0.1, 0.15) is 5.82 Å². The third-order valence-corrected chi connectivity index (χ3v) is 4.94. The molecule has 0 spiro atoms. The van der Waals surface area contributed by atoms with Crippen LogP contribution in [0.25, 0.3) is 0 Å². The van der Waals surface area contributed by atoms with Crippen LogP contribution in [0.2, 0.25) is 0 Å². The molecule has 134 valence electrons. The van der Waals surface area contributed by atoms with E-state index in [4.69, 9.17) is 16.2 Å². The Kier molecular flexibility index (Phi) is 5.50. The van der Waals surface area contributed by atoms with E-state index in [2.05, 4.69) is 38.6 Å². The van der Waals surface area contributed by atoms with Crippen molar-refractivity contribution in [2.45, 2.75) is 25.6 Å². The average Bonchev–Trinajstić information content (AvgIpc) is 2.52. The van der Waals surface area contributed by atoms with Gasteiger partial charge in [0.2, 0.25) is 5.95 Å². The Labute approximate surface area is 143 Å². The van der Waals surface area contributed by atoms with E-state index >= 15 is 0 Å². The third kappa shape index (κ3) is 4.32. The van der Waals surface area contributed by atoms with Crippen LogP contribution in [-0.2, 0) is 11.3 Å². The topological polar surface area (TPSA) is 96.8 Å². The van der Waals surface area contributed by atoms with Gasteiger partial charge in [-0.2, -0.15) is 4.98 Å². The number of hydrogen-bond acceptors (Lipinski definition) is 8. The predicted molar refractivity (Wildman–Crippen MR) is 94.4 cm³/mol. The van der Waals surface area contributed by atoms with Crippen LogP contribution < -0.4 is 11.5 Å². The summed E-state index contributed by atoms with van der Waals surface area (Å²) in [6, 6.07) is 0.456. The van der Waals surface area contributed by atoms with Gasteiger partial charge in [0.15, 0.2) is 0 Å². The van der Waals surface area contributed by atoms with E-state index in [1.165, 1.54) is 0 Å². The van der Waals surface area contributed by atoms with E-state index in [0.29, 0.717) is 18.0 Å². The van der Waals surface area contributed by atoms with Gasteiger partial charge in [-0.15, -0.1) is 0 Å². The molecule has 0 aromatic carbocycles. The molecule has 2 atom stereocenters. The monoisotopic (exact) mass is 335 g/mol. The minimum absolute atomic E-state index is 0.228. The molecule has 2 aliphatic rings. The van der Waals surface area contributed by atoms with Crippen molar-refractivity contribution in [1.82, 2.24) is 24.7 Å². The van der Waals surface area contributed by atoms with Crippen molar-refractivity contribution in [2.75, 3.05) is 64.4 Å². The Morgan fingerprint density at radius 3 is 2.79 bits per heavy atom. The maximum absolute atomic E-state index is 5.96. The molecule has 8 nitrogen and oxygen atoms in total. The Morgan fingerprint density at radius 2 is 2.08 bits per heavy atom. The number of ether oxygens (including phenoxy) is 1. The number of rotatable bonds is 4. The Hall–Kier alpha value is -1.48. The van der Waals surface area contributed by atoms with Crippen LogP contribution in [0, 0.1) is 0 Å². The summed E-state index contributed by atoms with van der Waals surface area (Å²) in [6.07, 6.45) is 2.06. The van der Waals surface area contributed by atoms with Crippen LogP contribution in [0.3, 0.4) is 0 Å². The summed E-state index contributed by atoms with van der Waals surface area (Å²) >= 11 is 0. The molecule has 2 unspecified atom stereocenters. The second-order valence-corrected chi connectivity index (χ2v) is 6.97. The fraction of sp³-hybridized carbons (Fsp3) is 0.750. The highest BCUT2D eigenvalue weighted by Crippen LogP contribution is 2.18. The van der Waals surface area contributed by atoms with Gasteiger partial charge in [-0.05, 0) is 14.0 Å². The number of morpholine rings is 1. The molecule has 24 heavy (non-hydrogen) atoms. The molecule has 3 rings (SSSR count). The smallest absolute Gasteiger partial charge is 0.221 e. The molecule has 0 bridgehead atoms. The van der Waals surface area contributed by atoms with Crippen molar-refractivity contribution in [3.8, 4) is 0 Å². The fourth-order valence-electron chi connectivity index (χ4n) is 3.51. The number of hydrogen-bond donors (Lipinski definition) is 2. The fourth-order valence-corrected chi connectivity index (χ4v) is 3.51. The Balaban J connectivity index is 1.51. The Bertz CT molecular complexity index is 555. The lowest BCUT2D eigenvalue weighted by molar-refractivity contribution is -0.0458. The predicted octanol–water partition coefficient (Wildman–Crippen LogP) is -0.522. The molecule has 2 aliphatic heterocycles. The van der Waals surface area contributed by atoms with Gasteiger partial charge in [-0.1, -0.05) is 0 Å². The maximum Gasteiger partial charge on any atom is 0.221 e. The van der Waals surface area contributed by atoms with Gasteiger partial charge >= 0.3 is 0 Å². The SMILES string of the molecule is CC1CN(CC2CN(C)CCO2)CCN1Cc1cnc(N)nc1N. The summed E-state index contributed by atoms with van der Waals surface area (Å²) in [5, 5.41) is 0. The first-order valence-corrected chi connectivity index (χ1v) is 8.64. The van der Waals surface area contributed by atoms with E-state index in [1.807, 2.05) is 0 Å². The normalized spacial score (nSPS) is 27.4. The molecule has 4 N–H and O–H groups in total. The largest absolute Gasteiger partial charge is 0.383 e. The lowest BCUT2D eigenvalue weighted by Crippen LogP contribution is -2.55. The molecule has 2 fully saturated rings. The first-order chi connectivity index (χ1) is 11.5. The summed E-state index contributed by atoms with van der Waals surface area (Å²) in [6.45, 7) is 10.0. The molecule has 1 aromatic heterocycles. The van der Waals surface area contributed by atoms with Crippen molar-refractivity contribution >= 4 is 11.8 Å². The third-order valence-electron chi connectivity index (χ3n) is 4.94. The van der Waals surface area contributed by atoms with Crippen molar-refractivity contribution in [1.29, 1.82) is 0 Å². The summed E-state index contributed by atoms with van der Waals surface area (Å²) in [5.41, 5.74) is 12.5. The first-order valence-electron chi connectivity index (χ1n) is 8.64. The van der Waals surface area contributed by atoms with Gasteiger partial charge in [0, 0.05) is 63.6 Å². The highest BCUT2D eigenvalue weighted by molar-refractivity contribution is 5.41. The average molecular weight is 335 g/mol. The molecule has 0 amide bonds. The van der Waals surface area contributed by atoms with Crippen LogP contribution in [0.1, 0.15) is 12.5 Å². The van der Waals surface area contributed by atoms with E-state index in [1.54, 1.807) is 6.20 Å². The summed E-state index contributed by atoms with van der Waals surface area (Å²) in [7, 11) is 2.16. The molecule has 3 heterocycles. The van der Waals surface area contributed by atoms with Crippen LogP contribution in [0.5, 0.6) is 0 Å². The molecule has 0 radical (unpaired) electrons. The highest BCUT2D eigenvalue weighted by atomic mass is 16.5. The number of likely N-dealkylation sites (N-methyl/N-ethyl adjacent to an activating group) is 1. The van der Waals surface area contributed by atoms with Gasteiger partial charge in [-0.3, -0.25) is 9.80 Å². The van der Waals surface area contributed by atoms with E-state index in [-0.39, 0.29) is 5.95 Å². The quantitative estimate of drug-likeness (QED) is 0.759. The zero-order valence-corrected chi connectivity index (χ0v) is 14.7. The number of nitrogen functional groups attached to an aromatic ring is 2. The first kappa shape index (κ1) is 17.3. The molecule has 0 saturated carbocycles. The zero-order chi connectivity index (χ0) is 17.1. The number of anilines is 2. The van der Waals surface area contributed by atoms with Gasteiger partial charge in [-0.25, -0.2) is 4.98 Å². The van der Waals surface area contributed by atoms with Crippen molar-refractivity contribution in [2.24, 2.45) is 0 Å². The number of nitrogens with two attached hydrogens (primary N) is 2. The molecule has 0 aliphatic carbocycles. The van der Waals surface area contributed by atoms with Crippen LogP contribution >= 0.6 is 0 Å². The second kappa shape index (κ2) is 7.60. The van der Waals surface area contributed by atoms with Crippen LogP contribution in [-0.4, -0.2) is 89.7 Å².